The van der Waals surface area contributed by atoms with Crippen LogP contribution >= 0.6 is 0 Å². The Morgan fingerprint density at radius 1 is 0.944 bits per heavy atom. The fraction of sp³-hybridized carbons (Fsp3) is 0.133. The van der Waals surface area contributed by atoms with Gasteiger partial charge in [0.05, 0.1) is 0 Å². The molecule has 0 radical (unpaired) electrons. The second-order valence-corrected chi connectivity index (χ2v) is 4.09. The van der Waals surface area contributed by atoms with Gasteiger partial charge in [-0.2, -0.15) is 0 Å². The molecule has 18 heavy (non-hydrogen) atoms. The maximum Gasteiger partial charge on any atom is 0.218 e. The minimum Gasteiger partial charge on any atom is -0.296 e. The summed E-state index contributed by atoms with van der Waals surface area (Å²) in [6, 6.07) is 13.1. The van der Waals surface area contributed by atoms with Crippen molar-refractivity contribution in [1.82, 2.24) is 0 Å². The first-order valence-corrected chi connectivity index (χ1v) is 5.56. The molecular weight excluding hydrogens is 234 g/mol. The fourth-order valence-electron chi connectivity index (χ4n) is 1.92. The van der Waals surface area contributed by atoms with Crippen molar-refractivity contribution in [2.75, 3.05) is 0 Å². The third-order valence-electron chi connectivity index (χ3n) is 2.90. The Labute approximate surface area is 104 Å². The Balaban J connectivity index is 2.58. The van der Waals surface area contributed by atoms with Crippen LogP contribution in [0.5, 0.6) is 0 Å². The zero-order valence-electron chi connectivity index (χ0n) is 9.86. The highest BCUT2D eigenvalue weighted by Crippen LogP contribution is 2.34. The van der Waals surface area contributed by atoms with Crippen LogP contribution in [0.15, 0.2) is 54.6 Å². The van der Waals surface area contributed by atoms with Crippen molar-refractivity contribution < 1.29 is 13.6 Å². The number of Topliss-reactive ketones (excluding diaryl/α,β-unsaturated/α-hetero) is 1. The van der Waals surface area contributed by atoms with Gasteiger partial charge in [-0.15, -0.1) is 0 Å². The Kier molecular flexibility index (Phi) is 3.24. The average molecular weight is 246 g/mol. The van der Waals surface area contributed by atoms with E-state index in [1.165, 1.54) is 19.1 Å². The molecule has 0 fully saturated rings. The van der Waals surface area contributed by atoms with Gasteiger partial charge in [-0.05, 0) is 19.1 Å². The molecule has 0 aromatic heterocycles. The Morgan fingerprint density at radius 3 is 1.94 bits per heavy atom. The van der Waals surface area contributed by atoms with Crippen molar-refractivity contribution in [3.05, 3.63) is 71.5 Å². The van der Waals surface area contributed by atoms with Crippen molar-refractivity contribution >= 4 is 5.78 Å². The number of rotatable bonds is 3. The lowest BCUT2D eigenvalue weighted by atomic mass is 9.85. The van der Waals surface area contributed by atoms with E-state index in [0.29, 0.717) is 0 Å². The molecular formula is C15H12F2O. The Morgan fingerprint density at radius 2 is 1.44 bits per heavy atom. The molecule has 0 heterocycles. The van der Waals surface area contributed by atoms with E-state index in [1.807, 2.05) is 0 Å². The van der Waals surface area contributed by atoms with Crippen LogP contribution in [0.25, 0.3) is 0 Å². The van der Waals surface area contributed by atoms with Gasteiger partial charge < -0.3 is 0 Å². The summed E-state index contributed by atoms with van der Waals surface area (Å²) in [5.74, 6) is -1.09. The first-order valence-electron chi connectivity index (χ1n) is 5.56. The van der Waals surface area contributed by atoms with E-state index in [4.69, 9.17) is 0 Å². The molecule has 0 aliphatic carbocycles. The van der Waals surface area contributed by atoms with Crippen LogP contribution in [0.2, 0.25) is 0 Å². The molecule has 0 bridgehead atoms. The van der Waals surface area contributed by atoms with Gasteiger partial charge in [-0.1, -0.05) is 42.5 Å². The molecule has 0 saturated carbocycles. The minimum absolute atomic E-state index is 0.141. The zero-order valence-corrected chi connectivity index (χ0v) is 9.86. The summed E-state index contributed by atoms with van der Waals surface area (Å²) in [5.41, 5.74) is -1.83. The highest BCUT2D eigenvalue weighted by atomic mass is 19.1. The van der Waals surface area contributed by atoms with Crippen molar-refractivity contribution in [2.45, 2.75) is 12.6 Å². The van der Waals surface area contributed by atoms with Crippen LogP contribution in [0.3, 0.4) is 0 Å². The number of carbonyl (C=O) groups is 1. The molecule has 0 saturated heterocycles. The van der Waals surface area contributed by atoms with Gasteiger partial charge in [0.2, 0.25) is 5.67 Å². The molecule has 2 rings (SSSR count). The molecule has 1 atom stereocenters. The summed E-state index contributed by atoms with van der Waals surface area (Å²) >= 11 is 0. The van der Waals surface area contributed by atoms with E-state index >= 15 is 4.39 Å². The zero-order chi connectivity index (χ0) is 13.2. The normalized spacial score (nSPS) is 13.9. The molecule has 1 nitrogen and oxygen atoms in total. The van der Waals surface area contributed by atoms with Gasteiger partial charge in [0, 0.05) is 11.1 Å². The van der Waals surface area contributed by atoms with E-state index in [1.54, 1.807) is 30.3 Å². The van der Waals surface area contributed by atoms with Crippen molar-refractivity contribution in [3.8, 4) is 0 Å². The van der Waals surface area contributed by atoms with E-state index < -0.39 is 17.3 Å². The van der Waals surface area contributed by atoms with Crippen LogP contribution in [0.4, 0.5) is 8.78 Å². The lowest BCUT2D eigenvalue weighted by molar-refractivity contribution is -0.126. The average Bonchev–Trinajstić information content (AvgIpc) is 2.39. The Hall–Kier alpha value is -2.03. The van der Waals surface area contributed by atoms with Crippen molar-refractivity contribution in [3.63, 3.8) is 0 Å². The molecule has 2 aromatic rings. The molecule has 1 unspecified atom stereocenters. The molecule has 0 N–H and O–H groups in total. The van der Waals surface area contributed by atoms with E-state index in [-0.39, 0.29) is 11.1 Å². The first kappa shape index (κ1) is 12.4. The monoisotopic (exact) mass is 246 g/mol. The summed E-state index contributed by atoms with van der Waals surface area (Å²) in [6.07, 6.45) is 0. The third-order valence-corrected chi connectivity index (χ3v) is 2.90. The third kappa shape index (κ3) is 2.04. The number of benzene rings is 2. The fourth-order valence-corrected chi connectivity index (χ4v) is 1.92. The molecule has 0 amide bonds. The van der Waals surface area contributed by atoms with Crippen LogP contribution < -0.4 is 0 Å². The highest BCUT2D eigenvalue weighted by Gasteiger charge is 2.39. The number of carbonyl (C=O) groups excluding carboxylic acids is 1. The van der Waals surface area contributed by atoms with Crippen molar-refractivity contribution in [2.24, 2.45) is 0 Å². The van der Waals surface area contributed by atoms with Gasteiger partial charge in [0.1, 0.15) is 5.82 Å². The topological polar surface area (TPSA) is 17.1 Å². The number of hydrogen-bond donors (Lipinski definition) is 0. The van der Waals surface area contributed by atoms with Gasteiger partial charge in [-0.3, -0.25) is 4.79 Å². The lowest BCUT2D eigenvalue weighted by Gasteiger charge is -2.23. The van der Waals surface area contributed by atoms with E-state index in [2.05, 4.69) is 0 Å². The Bertz CT molecular complexity index is 548. The number of alkyl halides is 1. The molecule has 2 aromatic carbocycles. The molecule has 92 valence electrons. The highest BCUT2D eigenvalue weighted by molar-refractivity contribution is 5.90. The van der Waals surface area contributed by atoms with E-state index in [9.17, 15) is 9.18 Å². The first-order chi connectivity index (χ1) is 8.55. The predicted molar refractivity (Wildman–Crippen MR) is 65.4 cm³/mol. The van der Waals surface area contributed by atoms with Crippen molar-refractivity contribution in [1.29, 1.82) is 0 Å². The number of ketones is 1. The van der Waals surface area contributed by atoms with Gasteiger partial charge in [-0.25, -0.2) is 8.78 Å². The second-order valence-electron chi connectivity index (χ2n) is 4.09. The molecule has 3 heteroatoms. The maximum atomic E-state index is 15.0. The number of hydrogen-bond acceptors (Lipinski definition) is 1. The van der Waals surface area contributed by atoms with Gasteiger partial charge >= 0.3 is 0 Å². The summed E-state index contributed by atoms with van der Waals surface area (Å²) in [4.78, 5) is 11.7. The maximum absolute atomic E-state index is 15.0. The summed E-state index contributed by atoms with van der Waals surface area (Å²) < 4.78 is 27.9. The van der Waals surface area contributed by atoms with Gasteiger partial charge in [0.25, 0.3) is 0 Å². The van der Waals surface area contributed by atoms with Crippen LogP contribution in [0.1, 0.15) is 18.1 Å². The molecule has 0 spiro atoms. The molecule has 0 aliphatic heterocycles. The van der Waals surface area contributed by atoms with Crippen LogP contribution in [0, 0.1) is 5.82 Å². The quantitative estimate of drug-likeness (QED) is 0.808. The minimum atomic E-state index is -2.23. The van der Waals surface area contributed by atoms with E-state index in [0.717, 1.165) is 12.1 Å². The largest absolute Gasteiger partial charge is 0.296 e. The van der Waals surface area contributed by atoms with Crippen LogP contribution in [-0.4, -0.2) is 5.78 Å². The second kappa shape index (κ2) is 4.69. The summed E-state index contributed by atoms with van der Waals surface area (Å²) in [7, 11) is 0. The summed E-state index contributed by atoms with van der Waals surface area (Å²) in [5, 5.41) is 0. The van der Waals surface area contributed by atoms with Crippen LogP contribution in [-0.2, 0) is 10.5 Å². The SMILES string of the molecule is CC(=O)C(F)(c1ccccc1)c1ccc(F)cc1. The summed E-state index contributed by atoms with van der Waals surface area (Å²) in [6.45, 7) is 1.19. The smallest absolute Gasteiger partial charge is 0.218 e. The lowest BCUT2D eigenvalue weighted by Crippen LogP contribution is -2.30. The van der Waals surface area contributed by atoms with Gasteiger partial charge in [0.15, 0.2) is 5.78 Å². The molecule has 0 aliphatic rings. The number of halogens is 2. The standard InChI is InChI=1S/C15H12F2O/c1-11(18)15(17,12-5-3-2-4-6-12)13-7-9-14(16)10-8-13/h2-10H,1H3. The predicted octanol–water partition coefficient (Wildman–Crippen LogP) is 3.63.